The standard InChI is InChI=1S/C16H18N2OS/c1-11-4-2-3-5-13(11)9-20-10-14-7-6-12(16(18)19)8-15(14)17/h2-8H,9-10,17H2,1H3,(H2,18,19). The average Bonchev–Trinajstić information content (AvgIpc) is 2.42. The number of primary amides is 1. The molecule has 104 valence electrons. The van der Waals surface area contributed by atoms with Gasteiger partial charge in [-0.2, -0.15) is 11.8 Å². The van der Waals surface area contributed by atoms with E-state index in [1.54, 1.807) is 23.9 Å². The molecular weight excluding hydrogens is 268 g/mol. The van der Waals surface area contributed by atoms with Gasteiger partial charge in [0.15, 0.2) is 0 Å². The summed E-state index contributed by atoms with van der Waals surface area (Å²) in [6.07, 6.45) is 0. The Morgan fingerprint density at radius 2 is 1.80 bits per heavy atom. The van der Waals surface area contributed by atoms with Gasteiger partial charge in [0.25, 0.3) is 0 Å². The van der Waals surface area contributed by atoms with Gasteiger partial charge < -0.3 is 11.5 Å². The molecule has 0 fully saturated rings. The number of carbonyl (C=O) groups is 1. The molecule has 0 spiro atoms. The van der Waals surface area contributed by atoms with Crippen LogP contribution < -0.4 is 11.5 Å². The Labute approximate surface area is 123 Å². The Kier molecular flexibility index (Phi) is 4.69. The molecule has 0 aliphatic rings. The number of rotatable bonds is 5. The maximum absolute atomic E-state index is 11.1. The van der Waals surface area contributed by atoms with Crippen LogP contribution in [0.3, 0.4) is 0 Å². The van der Waals surface area contributed by atoms with Gasteiger partial charge in [0.1, 0.15) is 0 Å². The van der Waals surface area contributed by atoms with Gasteiger partial charge in [0.2, 0.25) is 5.91 Å². The zero-order valence-corrected chi connectivity index (χ0v) is 12.2. The predicted molar refractivity (Wildman–Crippen MR) is 85.6 cm³/mol. The summed E-state index contributed by atoms with van der Waals surface area (Å²) in [5.74, 6) is 1.32. The third kappa shape index (κ3) is 3.54. The minimum atomic E-state index is -0.448. The Bertz CT molecular complexity index is 626. The van der Waals surface area contributed by atoms with Crippen LogP contribution in [0.2, 0.25) is 0 Å². The molecule has 1 amide bonds. The lowest BCUT2D eigenvalue weighted by Crippen LogP contribution is -2.11. The molecule has 2 aromatic carbocycles. The molecule has 2 rings (SSSR count). The summed E-state index contributed by atoms with van der Waals surface area (Å²) < 4.78 is 0. The molecule has 0 radical (unpaired) electrons. The molecule has 0 saturated carbocycles. The lowest BCUT2D eigenvalue weighted by Gasteiger charge is -2.08. The summed E-state index contributed by atoms with van der Waals surface area (Å²) in [6.45, 7) is 2.12. The van der Waals surface area contributed by atoms with E-state index in [-0.39, 0.29) is 0 Å². The van der Waals surface area contributed by atoms with Crippen molar-refractivity contribution in [2.24, 2.45) is 5.73 Å². The van der Waals surface area contributed by atoms with Crippen LogP contribution in [-0.4, -0.2) is 5.91 Å². The zero-order chi connectivity index (χ0) is 14.5. The largest absolute Gasteiger partial charge is 0.398 e. The molecule has 0 atom stereocenters. The summed E-state index contributed by atoms with van der Waals surface area (Å²) >= 11 is 1.81. The van der Waals surface area contributed by atoms with Crippen molar-refractivity contribution in [2.75, 3.05) is 5.73 Å². The fourth-order valence-electron chi connectivity index (χ4n) is 1.92. The topological polar surface area (TPSA) is 69.1 Å². The molecule has 4 heteroatoms. The molecule has 20 heavy (non-hydrogen) atoms. The first kappa shape index (κ1) is 14.5. The average molecular weight is 286 g/mol. The molecule has 4 N–H and O–H groups in total. The highest BCUT2D eigenvalue weighted by atomic mass is 32.2. The van der Waals surface area contributed by atoms with Crippen molar-refractivity contribution in [1.82, 2.24) is 0 Å². The van der Waals surface area contributed by atoms with E-state index in [2.05, 4.69) is 25.1 Å². The fourth-order valence-corrected chi connectivity index (χ4v) is 3.05. The Morgan fingerprint density at radius 1 is 1.10 bits per heavy atom. The van der Waals surface area contributed by atoms with Crippen LogP contribution in [0.15, 0.2) is 42.5 Å². The number of benzene rings is 2. The highest BCUT2D eigenvalue weighted by Gasteiger charge is 2.05. The SMILES string of the molecule is Cc1ccccc1CSCc1ccc(C(N)=O)cc1N. The van der Waals surface area contributed by atoms with Gasteiger partial charge in [-0.25, -0.2) is 0 Å². The molecule has 0 aliphatic carbocycles. The van der Waals surface area contributed by atoms with Crippen LogP contribution in [-0.2, 0) is 11.5 Å². The van der Waals surface area contributed by atoms with Gasteiger partial charge in [0, 0.05) is 22.8 Å². The van der Waals surface area contributed by atoms with Gasteiger partial charge in [-0.05, 0) is 35.7 Å². The Hall–Kier alpha value is -1.94. The van der Waals surface area contributed by atoms with Crippen LogP contribution in [0.4, 0.5) is 5.69 Å². The maximum atomic E-state index is 11.1. The maximum Gasteiger partial charge on any atom is 0.248 e. The normalized spacial score (nSPS) is 10.4. The van der Waals surface area contributed by atoms with Crippen LogP contribution >= 0.6 is 11.8 Å². The number of hydrogen-bond acceptors (Lipinski definition) is 3. The van der Waals surface area contributed by atoms with Crippen LogP contribution in [0.25, 0.3) is 0 Å². The summed E-state index contributed by atoms with van der Waals surface area (Å²) in [5, 5.41) is 0. The molecule has 0 unspecified atom stereocenters. The second-order valence-corrected chi connectivity index (χ2v) is 5.68. The third-order valence-electron chi connectivity index (χ3n) is 3.21. The molecule has 0 aromatic heterocycles. The molecule has 0 aliphatic heterocycles. The third-order valence-corrected chi connectivity index (χ3v) is 4.24. The summed E-state index contributed by atoms with van der Waals surface area (Å²) in [4.78, 5) is 11.1. The number of nitrogens with two attached hydrogens (primary N) is 2. The molecule has 0 heterocycles. The Morgan fingerprint density at radius 3 is 2.45 bits per heavy atom. The second kappa shape index (κ2) is 6.48. The molecular formula is C16H18N2OS. The minimum absolute atomic E-state index is 0.448. The van der Waals surface area contributed by atoms with Crippen LogP contribution in [0, 0.1) is 6.92 Å². The van der Waals surface area contributed by atoms with Crippen molar-refractivity contribution in [3.8, 4) is 0 Å². The molecule has 3 nitrogen and oxygen atoms in total. The highest BCUT2D eigenvalue weighted by molar-refractivity contribution is 7.97. The van der Waals surface area contributed by atoms with E-state index >= 15 is 0 Å². The number of thioether (sulfide) groups is 1. The lowest BCUT2D eigenvalue weighted by atomic mass is 10.1. The number of aryl methyl sites for hydroxylation is 1. The van der Waals surface area contributed by atoms with Crippen LogP contribution in [0.1, 0.15) is 27.0 Å². The smallest absolute Gasteiger partial charge is 0.248 e. The highest BCUT2D eigenvalue weighted by Crippen LogP contribution is 2.23. The van der Waals surface area contributed by atoms with Crippen molar-refractivity contribution in [3.05, 3.63) is 64.7 Å². The summed E-state index contributed by atoms with van der Waals surface area (Å²) in [6, 6.07) is 13.6. The van der Waals surface area contributed by atoms with Gasteiger partial charge in [-0.15, -0.1) is 0 Å². The molecule has 2 aromatic rings. The van der Waals surface area contributed by atoms with E-state index in [0.717, 1.165) is 17.1 Å². The first-order valence-corrected chi connectivity index (χ1v) is 7.54. The number of anilines is 1. The number of carbonyl (C=O) groups excluding carboxylic acids is 1. The first-order valence-electron chi connectivity index (χ1n) is 6.38. The van der Waals surface area contributed by atoms with Crippen molar-refractivity contribution in [2.45, 2.75) is 18.4 Å². The predicted octanol–water partition coefficient (Wildman–Crippen LogP) is 3.11. The van der Waals surface area contributed by atoms with Crippen molar-refractivity contribution in [3.63, 3.8) is 0 Å². The van der Waals surface area contributed by atoms with E-state index in [1.165, 1.54) is 11.1 Å². The summed E-state index contributed by atoms with van der Waals surface area (Å²) in [5.41, 5.74) is 15.9. The monoisotopic (exact) mass is 286 g/mol. The van der Waals surface area contributed by atoms with E-state index < -0.39 is 5.91 Å². The van der Waals surface area contributed by atoms with Crippen molar-refractivity contribution in [1.29, 1.82) is 0 Å². The second-order valence-electron chi connectivity index (χ2n) is 4.70. The van der Waals surface area contributed by atoms with Gasteiger partial charge in [-0.1, -0.05) is 30.3 Å². The number of amides is 1. The van der Waals surface area contributed by atoms with Crippen molar-refractivity contribution >= 4 is 23.4 Å². The lowest BCUT2D eigenvalue weighted by molar-refractivity contribution is 0.100. The quantitative estimate of drug-likeness (QED) is 0.830. The number of nitrogen functional groups attached to an aromatic ring is 1. The van der Waals surface area contributed by atoms with Crippen molar-refractivity contribution < 1.29 is 4.79 Å². The van der Waals surface area contributed by atoms with Gasteiger partial charge in [0.05, 0.1) is 0 Å². The zero-order valence-electron chi connectivity index (χ0n) is 11.4. The molecule has 0 saturated heterocycles. The number of hydrogen-bond donors (Lipinski definition) is 2. The van der Waals surface area contributed by atoms with E-state index in [1.807, 2.05) is 12.1 Å². The van der Waals surface area contributed by atoms with Crippen LogP contribution in [0.5, 0.6) is 0 Å². The van der Waals surface area contributed by atoms with Gasteiger partial charge in [-0.3, -0.25) is 4.79 Å². The van der Waals surface area contributed by atoms with E-state index in [0.29, 0.717) is 11.3 Å². The molecule has 0 bridgehead atoms. The van der Waals surface area contributed by atoms with Gasteiger partial charge >= 0.3 is 0 Å². The van der Waals surface area contributed by atoms with E-state index in [9.17, 15) is 4.79 Å². The van der Waals surface area contributed by atoms with E-state index in [4.69, 9.17) is 11.5 Å². The fraction of sp³-hybridized carbons (Fsp3) is 0.188. The minimum Gasteiger partial charge on any atom is -0.398 e. The summed E-state index contributed by atoms with van der Waals surface area (Å²) in [7, 11) is 0. The Balaban J connectivity index is 1.98. The first-order chi connectivity index (χ1) is 9.58.